The fourth-order valence-corrected chi connectivity index (χ4v) is 1.61. The van der Waals surface area contributed by atoms with Gasteiger partial charge in [0.05, 0.1) is 6.54 Å². The van der Waals surface area contributed by atoms with E-state index in [1.165, 1.54) is 10.4 Å². The average molecular weight is 215 g/mol. The molecule has 0 aliphatic carbocycles. The van der Waals surface area contributed by atoms with E-state index >= 15 is 0 Å². The molecule has 7 nitrogen and oxygen atoms in total. The zero-order valence-electron chi connectivity index (χ0n) is 8.10. The van der Waals surface area contributed by atoms with Crippen LogP contribution in [-0.2, 0) is 14.4 Å². The quantitative estimate of drug-likeness (QED) is 0.380. The van der Waals surface area contributed by atoms with Crippen LogP contribution in [0.2, 0.25) is 0 Å². The summed E-state index contributed by atoms with van der Waals surface area (Å²) in [6.45, 7) is 0.307. The van der Waals surface area contributed by atoms with Gasteiger partial charge in [0, 0.05) is 18.9 Å². The predicted molar refractivity (Wildman–Crippen MR) is 48.4 cm³/mol. The molecule has 1 saturated heterocycles. The smallest absolute Gasteiger partial charge is 0.244 e. The molecule has 84 valence electrons. The van der Waals surface area contributed by atoms with E-state index in [9.17, 15) is 14.4 Å². The van der Waals surface area contributed by atoms with Crippen molar-refractivity contribution in [3.8, 4) is 0 Å². The number of hydrogen-bond acceptors (Lipinski definition) is 4. The number of hydrogen-bond donors (Lipinski definition) is 3. The summed E-state index contributed by atoms with van der Waals surface area (Å²) in [6, 6.07) is 0. The van der Waals surface area contributed by atoms with Crippen molar-refractivity contribution < 1.29 is 19.6 Å². The SMILES string of the molecule is NC(=O)CN1CCC(CC(=O)NO)C1=O. The van der Waals surface area contributed by atoms with Gasteiger partial charge in [-0.05, 0) is 6.42 Å². The standard InChI is InChI=1S/C8H13N3O4/c9-6(12)4-11-2-1-5(8(11)14)3-7(13)10-15/h5,15H,1-4H2,(H2,9,12)(H,10,13). The number of carbonyl (C=O) groups is 3. The third-order valence-electron chi connectivity index (χ3n) is 2.31. The number of primary amides is 1. The molecule has 1 rings (SSSR count). The lowest BCUT2D eigenvalue weighted by molar-refractivity contribution is -0.138. The lowest BCUT2D eigenvalue weighted by Crippen LogP contribution is -2.36. The first-order valence-electron chi connectivity index (χ1n) is 4.54. The molecule has 15 heavy (non-hydrogen) atoms. The summed E-state index contributed by atoms with van der Waals surface area (Å²) in [5.74, 6) is -1.90. The molecule has 0 saturated carbocycles. The Balaban J connectivity index is 2.49. The second kappa shape index (κ2) is 4.74. The highest BCUT2D eigenvalue weighted by atomic mass is 16.5. The number of nitrogens with one attached hydrogen (secondary N) is 1. The summed E-state index contributed by atoms with van der Waals surface area (Å²) in [5.41, 5.74) is 6.42. The maximum absolute atomic E-state index is 11.5. The van der Waals surface area contributed by atoms with Gasteiger partial charge in [0.1, 0.15) is 0 Å². The molecule has 0 bridgehead atoms. The van der Waals surface area contributed by atoms with Crippen molar-refractivity contribution >= 4 is 17.7 Å². The van der Waals surface area contributed by atoms with Gasteiger partial charge >= 0.3 is 0 Å². The average Bonchev–Trinajstić information content (AvgIpc) is 2.49. The second-order valence-electron chi connectivity index (χ2n) is 3.45. The highest BCUT2D eigenvalue weighted by molar-refractivity contribution is 5.89. The minimum Gasteiger partial charge on any atom is -0.368 e. The van der Waals surface area contributed by atoms with Crippen molar-refractivity contribution in [2.45, 2.75) is 12.8 Å². The summed E-state index contributed by atoms with van der Waals surface area (Å²) in [5, 5.41) is 8.29. The fourth-order valence-electron chi connectivity index (χ4n) is 1.61. The molecule has 0 spiro atoms. The van der Waals surface area contributed by atoms with Gasteiger partial charge in [0.15, 0.2) is 0 Å². The molecular weight excluding hydrogens is 202 g/mol. The first-order valence-corrected chi connectivity index (χ1v) is 4.54. The highest BCUT2D eigenvalue weighted by Gasteiger charge is 2.33. The number of likely N-dealkylation sites (tertiary alicyclic amines) is 1. The van der Waals surface area contributed by atoms with E-state index in [1.807, 2.05) is 0 Å². The van der Waals surface area contributed by atoms with Crippen LogP contribution in [0.3, 0.4) is 0 Å². The molecule has 0 aromatic rings. The Morgan fingerprint density at radius 1 is 1.60 bits per heavy atom. The van der Waals surface area contributed by atoms with Gasteiger partial charge in [-0.25, -0.2) is 5.48 Å². The number of carbonyl (C=O) groups excluding carboxylic acids is 3. The van der Waals surface area contributed by atoms with Crippen LogP contribution in [0.15, 0.2) is 0 Å². The van der Waals surface area contributed by atoms with Crippen LogP contribution >= 0.6 is 0 Å². The van der Waals surface area contributed by atoms with E-state index in [1.54, 1.807) is 0 Å². The van der Waals surface area contributed by atoms with Crippen LogP contribution in [0.5, 0.6) is 0 Å². The largest absolute Gasteiger partial charge is 0.368 e. The second-order valence-corrected chi connectivity index (χ2v) is 3.45. The summed E-state index contributed by atoms with van der Waals surface area (Å²) in [6.07, 6.45) is 0.435. The normalized spacial score (nSPS) is 20.5. The van der Waals surface area contributed by atoms with Gasteiger partial charge < -0.3 is 10.6 Å². The Bertz CT molecular complexity index is 292. The summed E-state index contributed by atoms with van der Waals surface area (Å²) >= 11 is 0. The maximum Gasteiger partial charge on any atom is 0.244 e. The molecule has 1 heterocycles. The monoisotopic (exact) mass is 215 g/mol. The number of rotatable bonds is 4. The Morgan fingerprint density at radius 3 is 2.80 bits per heavy atom. The van der Waals surface area contributed by atoms with Crippen LogP contribution < -0.4 is 11.2 Å². The predicted octanol–water partition coefficient (Wildman–Crippen LogP) is -1.78. The van der Waals surface area contributed by atoms with Crippen LogP contribution in [0.25, 0.3) is 0 Å². The van der Waals surface area contributed by atoms with E-state index in [2.05, 4.69) is 0 Å². The number of nitrogens with two attached hydrogens (primary N) is 1. The molecule has 1 unspecified atom stereocenters. The van der Waals surface area contributed by atoms with E-state index in [4.69, 9.17) is 10.9 Å². The Labute approximate surface area is 86.2 Å². The van der Waals surface area contributed by atoms with Gasteiger partial charge in [-0.3, -0.25) is 19.6 Å². The van der Waals surface area contributed by atoms with Gasteiger partial charge in [0.25, 0.3) is 0 Å². The number of hydroxylamine groups is 1. The van der Waals surface area contributed by atoms with Gasteiger partial charge in [-0.2, -0.15) is 0 Å². The summed E-state index contributed by atoms with van der Waals surface area (Å²) in [7, 11) is 0. The fraction of sp³-hybridized carbons (Fsp3) is 0.625. The van der Waals surface area contributed by atoms with Crippen LogP contribution in [0, 0.1) is 5.92 Å². The molecule has 1 atom stereocenters. The Morgan fingerprint density at radius 2 is 2.27 bits per heavy atom. The zero-order valence-corrected chi connectivity index (χ0v) is 8.10. The molecule has 1 fully saturated rings. The summed E-state index contributed by atoms with van der Waals surface area (Å²) in [4.78, 5) is 34.3. The van der Waals surface area contributed by atoms with Crippen molar-refractivity contribution in [1.29, 1.82) is 0 Å². The molecule has 1 aliphatic heterocycles. The molecule has 0 aromatic carbocycles. The summed E-state index contributed by atoms with van der Waals surface area (Å²) < 4.78 is 0. The first kappa shape index (κ1) is 11.4. The lowest BCUT2D eigenvalue weighted by atomic mass is 10.0. The van der Waals surface area contributed by atoms with E-state index < -0.39 is 17.7 Å². The van der Waals surface area contributed by atoms with E-state index in [0.29, 0.717) is 13.0 Å². The Hall–Kier alpha value is -1.63. The third-order valence-corrected chi connectivity index (χ3v) is 2.31. The number of amides is 3. The van der Waals surface area contributed by atoms with Gasteiger partial charge in [0.2, 0.25) is 17.7 Å². The third kappa shape index (κ3) is 2.91. The van der Waals surface area contributed by atoms with Crippen LogP contribution in [0.1, 0.15) is 12.8 Å². The zero-order chi connectivity index (χ0) is 11.4. The van der Waals surface area contributed by atoms with Gasteiger partial charge in [-0.15, -0.1) is 0 Å². The van der Waals surface area contributed by atoms with E-state index in [0.717, 1.165) is 0 Å². The van der Waals surface area contributed by atoms with Crippen molar-refractivity contribution in [2.75, 3.05) is 13.1 Å². The molecule has 0 radical (unpaired) electrons. The Kier molecular flexibility index (Phi) is 3.62. The molecular formula is C8H13N3O4. The first-order chi connectivity index (χ1) is 7.04. The molecule has 7 heteroatoms. The van der Waals surface area contributed by atoms with Crippen molar-refractivity contribution in [1.82, 2.24) is 10.4 Å². The van der Waals surface area contributed by atoms with Gasteiger partial charge in [-0.1, -0.05) is 0 Å². The topological polar surface area (TPSA) is 113 Å². The molecule has 3 amide bonds. The minimum atomic E-state index is -0.603. The van der Waals surface area contributed by atoms with E-state index in [-0.39, 0.29) is 18.9 Å². The van der Waals surface area contributed by atoms with Crippen molar-refractivity contribution in [3.63, 3.8) is 0 Å². The number of nitrogens with zero attached hydrogens (tertiary/aromatic N) is 1. The van der Waals surface area contributed by atoms with Crippen LogP contribution in [-0.4, -0.2) is 40.9 Å². The highest BCUT2D eigenvalue weighted by Crippen LogP contribution is 2.20. The molecule has 1 aliphatic rings. The maximum atomic E-state index is 11.5. The van der Waals surface area contributed by atoms with Crippen molar-refractivity contribution in [2.24, 2.45) is 11.7 Å². The minimum absolute atomic E-state index is 0.0649. The molecule has 0 aromatic heterocycles. The lowest BCUT2D eigenvalue weighted by Gasteiger charge is -2.13. The van der Waals surface area contributed by atoms with Crippen molar-refractivity contribution in [3.05, 3.63) is 0 Å². The van der Waals surface area contributed by atoms with Crippen LogP contribution in [0.4, 0.5) is 0 Å². The molecule has 4 N–H and O–H groups in total.